The minimum Gasteiger partial charge on any atom is -0.466 e. The van der Waals surface area contributed by atoms with Crippen LogP contribution in [0.4, 0.5) is 4.39 Å². The summed E-state index contributed by atoms with van der Waals surface area (Å²) in [7, 11) is 1.25. The summed E-state index contributed by atoms with van der Waals surface area (Å²) >= 11 is 1.09. The van der Waals surface area contributed by atoms with Crippen LogP contribution in [-0.4, -0.2) is 23.6 Å². The van der Waals surface area contributed by atoms with Crippen LogP contribution in [0.2, 0.25) is 0 Å². The van der Waals surface area contributed by atoms with E-state index in [4.69, 9.17) is 13.9 Å². The summed E-state index contributed by atoms with van der Waals surface area (Å²) in [4.78, 5) is 43.3. The number of rotatable bonds is 5. The van der Waals surface area contributed by atoms with E-state index in [-0.39, 0.29) is 27.2 Å². The fourth-order valence-electron chi connectivity index (χ4n) is 4.01. The van der Waals surface area contributed by atoms with Crippen LogP contribution in [-0.2, 0) is 9.53 Å². The fourth-order valence-corrected chi connectivity index (χ4v) is 5.05. The third-order valence-electron chi connectivity index (χ3n) is 5.75. The second-order valence-electron chi connectivity index (χ2n) is 8.03. The number of esters is 2. The number of hydrogen-bond donors (Lipinski definition) is 0. The quantitative estimate of drug-likeness (QED) is 0.297. The monoisotopic (exact) mass is 518 g/mol. The summed E-state index contributed by atoms with van der Waals surface area (Å²) in [6.45, 7) is 1.66. The summed E-state index contributed by atoms with van der Waals surface area (Å²) in [6.07, 6.45) is 2.83. The molecule has 0 saturated carbocycles. The Bertz CT molecular complexity index is 1720. The number of fused-ring (bicyclic) bond motifs is 1. The molecule has 10 heteroatoms. The number of thiazole rings is 1. The maximum Gasteiger partial charge on any atom is 0.379 e. The van der Waals surface area contributed by atoms with Crippen molar-refractivity contribution in [3.05, 3.63) is 121 Å². The first kappa shape index (κ1) is 24.1. The number of benzene rings is 2. The molecule has 1 atom stereocenters. The van der Waals surface area contributed by atoms with Gasteiger partial charge in [-0.1, -0.05) is 41.7 Å². The van der Waals surface area contributed by atoms with Gasteiger partial charge < -0.3 is 13.9 Å². The first-order chi connectivity index (χ1) is 17.9. The smallest absolute Gasteiger partial charge is 0.379 e. The first-order valence-corrected chi connectivity index (χ1v) is 11.9. The van der Waals surface area contributed by atoms with Gasteiger partial charge in [0.2, 0.25) is 5.76 Å². The lowest BCUT2D eigenvalue weighted by Gasteiger charge is -2.24. The largest absolute Gasteiger partial charge is 0.466 e. The van der Waals surface area contributed by atoms with Gasteiger partial charge in [-0.2, -0.15) is 0 Å². The van der Waals surface area contributed by atoms with E-state index in [0.717, 1.165) is 11.3 Å². The molecule has 0 spiro atoms. The van der Waals surface area contributed by atoms with Crippen molar-refractivity contribution in [2.75, 3.05) is 7.11 Å². The number of allylic oxidation sites excluding steroid dienone is 1. The second-order valence-corrected chi connectivity index (χ2v) is 9.04. The topological polar surface area (TPSA) is 100 Å². The molecule has 0 N–H and O–H groups in total. The van der Waals surface area contributed by atoms with Gasteiger partial charge in [0.15, 0.2) is 4.80 Å². The Morgan fingerprint density at radius 1 is 1.08 bits per heavy atom. The van der Waals surface area contributed by atoms with E-state index in [1.807, 2.05) is 0 Å². The van der Waals surface area contributed by atoms with Gasteiger partial charge in [0.05, 0.1) is 35.2 Å². The predicted molar refractivity (Wildman–Crippen MR) is 132 cm³/mol. The van der Waals surface area contributed by atoms with Crippen LogP contribution in [0, 0.1) is 5.82 Å². The standard InChI is InChI=1S/C27H19FN2O6S/c1-15-22(26(33)34-2)23(16-9-11-18(12-10-16)36-25(32)20-8-5-13-35-20)30-24(31)21(37-27(30)29-15)14-17-6-3-4-7-19(17)28/h3-14,23H,1-2H3/b21-14-/t23-/m1/s1. The second kappa shape index (κ2) is 9.82. The molecule has 0 amide bonds. The predicted octanol–water partition coefficient (Wildman–Crippen LogP) is 3.36. The number of hydrogen-bond acceptors (Lipinski definition) is 8. The van der Waals surface area contributed by atoms with Gasteiger partial charge in [-0.05, 0) is 48.9 Å². The lowest BCUT2D eigenvalue weighted by molar-refractivity contribution is -0.136. The van der Waals surface area contributed by atoms with Crippen molar-refractivity contribution in [2.45, 2.75) is 13.0 Å². The Morgan fingerprint density at radius 2 is 1.84 bits per heavy atom. The molecule has 4 aromatic rings. The molecule has 186 valence electrons. The molecule has 2 aromatic carbocycles. The third-order valence-corrected chi connectivity index (χ3v) is 6.73. The minimum absolute atomic E-state index is 0.0533. The zero-order chi connectivity index (χ0) is 26.1. The van der Waals surface area contributed by atoms with Crippen molar-refractivity contribution in [3.8, 4) is 5.75 Å². The molecular weight excluding hydrogens is 499 g/mol. The molecule has 0 fully saturated rings. The molecule has 0 radical (unpaired) electrons. The molecule has 0 aliphatic carbocycles. The van der Waals surface area contributed by atoms with E-state index in [9.17, 15) is 18.8 Å². The molecule has 1 aliphatic rings. The maximum atomic E-state index is 14.3. The van der Waals surface area contributed by atoms with Crippen LogP contribution in [0.1, 0.15) is 34.6 Å². The number of carbonyl (C=O) groups excluding carboxylic acids is 2. The Labute approximate surface area is 213 Å². The summed E-state index contributed by atoms with van der Waals surface area (Å²) in [5, 5.41) is 0. The van der Waals surface area contributed by atoms with Gasteiger partial charge in [0.25, 0.3) is 5.56 Å². The van der Waals surface area contributed by atoms with Crippen molar-refractivity contribution in [1.82, 2.24) is 4.57 Å². The van der Waals surface area contributed by atoms with Crippen molar-refractivity contribution >= 4 is 29.4 Å². The normalized spacial score (nSPS) is 15.2. The summed E-state index contributed by atoms with van der Waals surface area (Å²) < 4.78 is 31.3. The van der Waals surface area contributed by atoms with Gasteiger partial charge in [0, 0.05) is 5.56 Å². The van der Waals surface area contributed by atoms with Crippen LogP contribution < -0.4 is 19.6 Å². The fraction of sp³-hybridized carbons (Fsp3) is 0.111. The van der Waals surface area contributed by atoms with Crippen LogP contribution >= 0.6 is 11.3 Å². The summed E-state index contributed by atoms with van der Waals surface area (Å²) in [5.74, 6) is -1.46. The molecule has 0 bridgehead atoms. The molecule has 5 rings (SSSR count). The molecule has 1 aliphatic heterocycles. The average Bonchev–Trinajstić information content (AvgIpc) is 3.54. The third kappa shape index (κ3) is 4.54. The highest BCUT2D eigenvalue weighted by Crippen LogP contribution is 2.31. The number of methoxy groups -OCH3 is 1. The molecule has 3 heterocycles. The van der Waals surface area contributed by atoms with Crippen LogP contribution in [0.5, 0.6) is 5.75 Å². The van der Waals surface area contributed by atoms with E-state index < -0.39 is 29.4 Å². The number of nitrogens with zero attached hydrogens (tertiary/aromatic N) is 2. The van der Waals surface area contributed by atoms with Gasteiger partial charge >= 0.3 is 11.9 Å². The van der Waals surface area contributed by atoms with Crippen molar-refractivity contribution in [3.63, 3.8) is 0 Å². The van der Waals surface area contributed by atoms with Crippen LogP contribution in [0.3, 0.4) is 0 Å². The van der Waals surface area contributed by atoms with E-state index in [2.05, 4.69) is 4.99 Å². The lowest BCUT2D eigenvalue weighted by Crippen LogP contribution is -2.39. The van der Waals surface area contributed by atoms with Gasteiger partial charge in [-0.25, -0.2) is 19.0 Å². The molecule has 0 saturated heterocycles. The van der Waals surface area contributed by atoms with Crippen molar-refractivity contribution < 1.29 is 27.9 Å². The highest BCUT2D eigenvalue weighted by Gasteiger charge is 2.33. The van der Waals surface area contributed by atoms with E-state index in [1.54, 1.807) is 55.5 Å². The van der Waals surface area contributed by atoms with Gasteiger partial charge in [0.1, 0.15) is 11.6 Å². The molecular formula is C27H19FN2O6S. The van der Waals surface area contributed by atoms with E-state index >= 15 is 0 Å². The molecule has 8 nitrogen and oxygen atoms in total. The Hall–Kier alpha value is -4.57. The Kier molecular flexibility index (Phi) is 6.41. The number of halogens is 1. The van der Waals surface area contributed by atoms with E-state index in [0.29, 0.717) is 16.1 Å². The van der Waals surface area contributed by atoms with E-state index in [1.165, 1.54) is 36.1 Å². The summed E-state index contributed by atoms with van der Waals surface area (Å²) in [6, 6.07) is 14.7. The van der Waals surface area contributed by atoms with Crippen LogP contribution in [0.25, 0.3) is 6.08 Å². The maximum absolute atomic E-state index is 14.3. The lowest BCUT2D eigenvalue weighted by atomic mass is 9.96. The number of carbonyl (C=O) groups is 2. The first-order valence-electron chi connectivity index (χ1n) is 11.1. The average molecular weight is 519 g/mol. The van der Waals surface area contributed by atoms with Gasteiger partial charge in [-0.3, -0.25) is 9.36 Å². The van der Waals surface area contributed by atoms with Crippen LogP contribution in [0.15, 0.2) is 92.4 Å². The van der Waals surface area contributed by atoms with Crippen molar-refractivity contribution in [1.29, 1.82) is 0 Å². The molecule has 37 heavy (non-hydrogen) atoms. The van der Waals surface area contributed by atoms with Crippen molar-refractivity contribution in [2.24, 2.45) is 4.99 Å². The number of aromatic nitrogens is 1. The Morgan fingerprint density at radius 3 is 2.51 bits per heavy atom. The molecule has 0 unspecified atom stereocenters. The highest BCUT2D eigenvalue weighted by atomic mass is 32.1. The zero-order valence-electron chi connectivity index (χ0n) is 19.6. The number of furan rings is 1. The number of ether oxygens (including phenoxy) is 2. The SMILES string of the molecule is COC(=O)C1=C(C)N=c2s/c(=C\c3ccccc3F)c(=O)n2[C@@H]1c1ccc(OC(=O)c2ccco2)cc1. The molecule has 2 aromatic heterocycles. The summed E-state index contributed by atoms with van der Waals surface area (Å²) in [5.41, 5.74) is 0.970. The zero-order valence-corrected chi connectivity index (χ0v) is 20.5. The van der Waals surface area contributed by atoms with Gasteiger partial charge in [-0.15, -0.1) is 0 Å². The minimum atomic E-state index is -0.860. The Balaban J connectivity index is 1.60. The highest BCUT2D eigenvalue weighted by molar-refractivity contribution is 7.07.